The van der Waals surface area contributed by atoms with Crippen LogP contribution in [-0.4, -0.2) is 41.2 Å². The second kappa shape index (κ2) is 7.37. The molecule has 1 aromatic heterocycles. The van der Waals surface area contributed by atoms with E-state index in [1.165, 1.54) is 12.1 Å². The average molecular weight is 318 g/mol. The van der Waals surface area contributed by atoms with E-state index in [0.29, 0.717) is 12.1 Å². The van der Waals surface area contributed by atoms with Crippen LogP contribution in [0.4, 0.5) is 4.39 Å². The number of carbonyl (C=O) groups is 1. The first-order valence-corrected chi connectivity index (χ1v) is 7.62. The summed E-state index contributed by atoms with van der Waals surface area (Å²) in [7, 11) is 3.86. The van der Waals surface area contributed by atoms with Crippen molar-refractivity contribution in [1.29, 1.82) is 0 Å². The van der Waals surface area contributed by atoms with Gasteiger partial charge in [0.1, 0.15) is 5.82 Å². The highest BCUT2D eigenvalue weighted by Gasteiger charge is 2.17. The minimum atomic E-state index is -0.267. The fraction of sp³-hybridized carbons (Fsp3) is 0.412. The minimum absolute atomic E-state index is 0.0281. The molecular weight excluding hydrogens is 295 g/mol. The van der Waals surface area contributed by atoms with Gasteiger partial charge in [0.2, 0.25) is 0 Å². The van der Waals surface area contributed by atoms with E-state index in [9.17, 15) is 9.18 Å². The number of rotatable bonds is 6. The van der Waals surface area contributed by atoms with Gasteiger partial charge in [-0.05, 0) is 45.6 Å². The van der Waals surface area contributed by atoms with Crippen LogP contribution in [0.2, 0.25) is 0 Å². The average Bonchev–Trinajstić information content (AvgIpc) is 2.99. The van der Waals surface area contributed by atoms with Crippen molar-refractivity contribution < 1.29 is 9.18 Å². The second-order valence-corrected chi connectivity index (χ2v) is 6.04. The Morgan fingerprint density at radius 3 is 2.48 bits per heavy atom. The largest absolute Gasteiger partial charge is 0.350 e. The number of hydrogen-bond acceptors (Lipinski definition) is 3. The molecule has 1 atom stereocenters. The molecule has 0 radical (unpaired) electrons. The van der Waals surface area contributed by atoms with Crippen LogP contribution >= 0.6 is 0 Å². The summed E-state index contributed by atoms with van der Waals surface area (Å²) in [6.07, 6.45) is 3.31. The van der Waals surface area contributed by atoms with E-state index in [2.05, 4.69) is 10.4 Å². The number of nitrogens with zero attached hydrogens (tertiary/aromatic N) is 3. The van der Waals surface area contributed by atoms with Crippen molar-refractivity contribution in [2.45, 2.75) is 25.9 Å². The highest BCUT2D eigenvalue weighted by Crippen LogP contribution is 2.18. The molecule has 0 saturated heterocycles. The molecule has 124 valence electrons. The molecule has 5 nitrogen and oxygen atoms in total. The minimum Gasteiger partial charge on any atom is -0.350 e. The molecule has 0 aliphatic rings. The predicted octanol–water partition coefficient (Wildman–Crippen LogP) is 2.64. The molecular formula is C17H23FN4O. The molecule has 0 saturated carbocycles. The van der Waals surface area contributed by atoms with Gasteiger partial charge in [-0.3, -0.25) is 9.48 Å². The van der Waals surface area contributed by atoms with Crippen molar-refractivity contribution in [3.05, 3.63) is 53.6 Å². The number of hydrogen-bond donors (Lipinski definition) is 1. The van der Waals surface area contributed by atoms with Crippen molar-refractivity contribution in [1.82, 2.24) is 20.0 Å². The maximum Gasteiger partial charge on any atom is 0.254 e. The first-order valence-electron chi connectivity index (χ1n) is 7.62. The monoisotopic (exact) mass is 318 g/mol. The number of halogens is 1. The van der Waals surface area contributed by atoms with E-state index in [0.717, 1.165) is 5.56 Å². The van der Waals surface area contributed by atoms with Gasteiger partial charge >= 0.3 is 0 Å². The Balaban J connectivity index is 2.03. The van der Waals surface area contributed by atoms with Gasteiger partial charge in [-0.2, -0.15) is 5.10 Å². The summed E-state index contributed by atoms with van der Waals surface area (Å²) in [5.74, 6) is -0.428. The molecule has 23 heavy (non-hydrogen) atoms. The van der Waals surface area contributed by atoms with Gasteiger partial charge < -0.3 is 10.2 Å². The number of amides is 1. The Kier molecular flexibility index (Phi) is 5.50. The van der Waals surface area contributed by atoms with E-state index >= 15 is 0 Å². The van der Waals surface area contributed by atoms with Crippen molar-refractivity contribution in [3.8, 4) is 0 Å². The van der Waals surface area contributed by atoms with E-state index < -0.39 is 0 Å². The van der Waals surface area contributed by atoms with E-state index in [1.807, 2.05) is 32.8 Å². The zero-order valence-electron chi connectivity index (χ0n) is 14.0. The topological polar surface area (TPSA) is 50.2 Å². The lowest BCUT2D eigenvalue weighted by atomic mass is 10.1. The van der Waals surface area contributed by atoms with Crippen LogP contribution in [0.25, 0.3) is 0 Å². The van der Waals surface area contributed by atoms with Gasteiger partial charge in [-0.25, -0.2) is 4.39 Å². The smallest absolute Gasteiger partial charge is 0.254 e. The molecule has 2 rings (SSSR count). The SMILES string of the molecule is CC(C)n1cc(C(=O)NC[C@H](c2ccc(F)cc2)N(C)C)cn1. The first-order chi connectivity index (χ1) is 10.9. The summed E-state index contributed by atoms with van der Waals surface area (Å²) in [6, 6.07) is 6.52. The van der Waals surface area contributed by atoms with Gasteiger partial charge in [0.15, 0.2) is 0 Å². The summed E-state index contributed by atoms with van der Waals surface area (Å²) in [4.78, 5) is 14.2. The lowest BCUT2D eigenvalue weighted by Gasteiger charge is -2.25. The maximum absolute atomic E-state index is 13.1. The third-order valence-electron chi connectivity index (χ3n) is 3.73. The normalized spacial score (nSPS) is 12.7. The van der Waals surface area contributed by atoms with Gasteiger partial charge in [0, 0.05) is 18.8 Å². The molecule has 1 N–H and O–H groups in total. The van der Waals surface area contributed by atoms with Gasteiger partial charge in [-0.1, -0.05) is 12.1 Å². The molecule has 1 heterocycles. The summed E-state index contributed by atoms with van der Waals surface area (Å²) in [6.45, 7) is 4.45. The van der Waals surface area contributed by atoms with Crippen molar-refractivity contribution in [3.63, 3.8) is 0 Å². The van der Waals surface area contributed by atoms with Crippen molar-refractivity contribution in [2.75, 3.05) is 20.6 Å². The Morgan fingerprint density at radius 2 is 1.96 bits per heavy atom. The predicted molar refractivity (Wildman–Crippen MR) is 87.8 cm³/mol. The third kappa shape index (κ3) is 4.39. The zero-order valence-corrected chi connectivity index (χ0v) is 14.0. The number of benzene rings is 1. The first kappa shape index (κ1) is 17.1. The van der Waals surface area contributed by atoms with Crippen LogP contribution in [0, 0.1) is 5.82 Å². The molecule has 1 amide bonds. The Bertz CT molecular complexity index is 649. The summed E-state index contributed by atoms with van der Waals surface area (Å²) >= 11 is 0. The number of likely N-dealkylation sites (N-methyl/N-ethyl adjacent to an activating group) is 1. The zero-order chi connectivity index (χ0) is 17.0. The third-order valence-corrected chi connectivity index (χ3v) is 3.73. The number of aromatic nitrogens is 2. The van der Waals surface area contributed by atoms with Crippen molar-refractivity contribution in [2.24, 2.45) is 0 Å². The lowest BCUT2D eigenvalue weighted by Crippen LogP contribution is -2.34. The fourth-order valence-corrected chi connectivity index (χ4v) is 2.31. The molecule has 0 unspecified atom stereocenters. The standard InChI is InChI=1S/C17H23FN4O/c1-12(2)22-11-14(9-20-22)17(23)19-10-16(21(3)4)13-5-7-15(18)8-6-13/h5-9,11-12,16H,10H2,1-4H3,(H,19,23)/t16-/m1/s1. The lowest BCUT2D eigenvalue weighted by molar-refractivity contribution is 0.0942. The number of carbonyl (C=O) groups excluding carboxylic acids is 1. The summed E-state index contributed by atoms with van der Waals surface area (Å²) in [5, 5.41) is 7.09. The molecule has 1 aromatic carbocycles. The van der Waals surface area contributed by atoms with Gasteiger partial charge in [0.25, 0.3) is 5.91 Å². The Labute approximate surface area is 136 Å². The van der Waals surface area contributed by atoms with E-state index in [-0.39, 0.29) is 23.8 Å². The summed E-state index contributed by atoms with van der Waals surface area (Å²) < 4.78 is 14.8. The van der Waals surface area contributed by atoms with E-state index in [1.54, 1.807) is 29.2 Å². The Hall–Kier alpha value is -2.21. The van der Waals surface area contributed by atoms with Crippen LogP contribution in [0.3, 0.4) is 0 Å². The fourth-order valence-electron chi connectivity index (χ4n) is 2.31. The Morgan fingerprint density at radius 1 is 1.30 bits per heavy atom. The molecule has 0 aliphatic carbocycles. The van der Waals surface area contributed by atoms with Crippen LogP contribution in [-0.2, 0) is 0 Å². The molecule has 0 bridgehead atoms. The molecule has 6 heteroatoms. The van der Waals surface area contributed by atoms with Gasteiger partial charge in [-0.15, -0.1) is 0 Å². The highest BCUT2D eigenvalue weighted by molar-refractivity contribution is 5.93. The molecule has 0 spiro atoms. The summed E-state index contributed by atoms with van der Waals surface area (Å²) in [5.41, 5.74) is 1.49. The van der Waals surface area contributed by atoms with Crippen LogP contribution in [0.1, 0.15) is 41.9 Å². The quantitative estimate of drug-likeness (QED) is 0.891. The molecule has 0 fully saturated rings. The highest BCUT2D eigenvalue weighted by atomic mass is 19.1. The second-order valence-electron chi connectivity index (χ2n) is 6.04. The molecule has 0 aliphatic heterocycles. The molecule has 2 aromatic rings. The number of nitrogens with one attached hydrogen (secondary N) is 1. The van der Waals surface area contributed by atoms with E-state index in [4.69, 9.17) is 0 Å². The maximum atomic E-state index is 13.1. The van der Waals surface area contributed by atoms with Crippen LogP contribution in [0.15, 0.2) is 36.7 Å². The van der Waals surface area contributed by atoms with Crippen LogP contribution < -0.4 is 5.32 Å². The van der Waals surface area contributed by atoms with Crippen molar-refractivity contribution >= 4 is 5.91 Å². The van der Waals surface area contributed by atoms with Gasteiger partial charge in [0.05, 0.1) is 17.8 Å². The van der Waals surface area contributed by atoms with Crippen LogP contribution in [0.5, 0.6) is 0 Å².